The number of nitrogens with two attached hydrogens (primary N) is 1. The second-order valence-corrected chi connectivity index (χ2v) is 6.95. The lowest BCUT2D eigenvalue weighted by Crippen LogP contribution is -2.14. The summed E-state index contributed by atoms with van der Waals surface area (Å²) < 4.78 is 0. The van der Waals surface area contributed by atoms with E-state index in [0.29, 0.717) is 11.8 Å². The highest BCUT2D eigenvalue weighted by molar-refractivity contribution is 5.42. The molecule has 1 fully saturated rings. The fraction of sp³-hybridized carbons (Fsp3) is 0.400. The quantitative estimate of drug-likeness (QED) is 0.871. The van der Waals surface area contributed by atoms with E-state index in [9.17, 15) is 0 Å². The van der Waals surface area contributed by atoms with Gasteiger partial charge in [0.25, 0.3) is 0 Å². The molecule has 4 atom stereocenters. The minimum Gasteiger partial charge on any atom is -0.324 e. The van der Waals surface area contributed by atoms with E-state index in [1.54, 1.807) is 11.1 Å². The highest BCUT2D eigenvalue weighted by Crippen LogP contribution is 2.63. The first kappa shape index (κ1) is 13.1. The molecule has 2 aliphatic carbocycles. The Morgan fingerprint density at radius 2 is 1.76 bits per heavy atom. The van der Waals surface area contributed by atoms with Gasteiger partial charge in [-0.1, -0.05) is 53.6 Å². The SMILES string of the molecule is Cc1cc(C)cc(C(N)C2C3CCc4ccccc4C32)c1. The molecule has 0 radical (unpaired) electrons. The second kappa shape index (κ2) is 4.71. The summed E-state index contributed by atoms with van der Waals surface area (Å²) in [5, 5.41) is 0. The lowest BCUT2D eigenvalue weighted by atomic mass is 9.92. The van der Waals surface area contributed by atoms with Gasteiger partial charge in [0.2, 0.25) is 0 Å². The minimum absolute atomic E-state index is 0.185. The Morgan fingerprint density at radius 3 is 2.52 bits per heavy atom. The summed E-state index contributed by atoms with van der Waals surface area (Å²) in [7, 11) is 0. The molecule has 108 valence electrons. The van der Waals surface area contributed by atoms with Crippen molar-refractivity contribution >= 4 is 0 Å². The van der Waals surface area contributed by atoms with Crippen molar-refractivity contribution in [2.45, 2.75) is 38.6 Å². The maximum absolute atomic E-state index is 6.65. The van der Waals surface area contributed by atoms with E-state index in [1.807, 2.05) is 0 Å². The molecule has 21 heavy (non-hydrogen) atoms. The summed E-state index contributed by atoms with van der Waals surface area (Å²) in [5.74, 6) is 2.14. The first-order valence-corrected chi connectivity index (χ1v) is 8.07. The summed E-state index contributed by atoms with van der Waals surface area (Å²) in [6.45, 7) is 4.33. The third-order valence-corrected chi connectivity index (χ3v) is 5.43. The predicted octanol–water partition coefficient (Wildman–Crippen LogP) is 4.28. The van der Waals surface area contributed by atoms with E-state index in [1.165, 1.54) is 29.5 Å². The summed E-state index contributed by atoms with van der Waals surface area (Å²) in [6, 6.07) is 15.9. The Kier molecular flexibility index (Phi) is 2.93. The van der Waals surface area contributed by atoms with Gasteiger partial charge in [-0.2, -0.15) is 0 Å². The van der Waals surface area contributed by atoms with Crippen molar-refractivity contribution in [2.75, 3.05) is 0 Å². The van der Waals surface area contributed by atoms with Crippen LogP contribution in [0.2, 0.25) is 0 Å². The number of benzene rings is 2. The van der Waals surface area contributed by atoms with Crippen LogP contribution >= 0.6 is 0 Å². The van der Waals surface area contributed by atoms with Crippen LogP contribution < -0.4 is 5.73 Å². The Hall–Kier alpha value is -1.60. The van der Waals surface area contributed by atoms with E-state index in [2.05, 4.69) is 56.3 Å². The van der Waals surface area contributed by atoms with E-state index < -0.39 is 0 Å². The van der Waals surface area contributed by atoms with Crippen molar-refractivity contribution in [1.29, 1.82) is 0 Å². The van der Waals surface area contributed by atoms with Crippen LogP contribution in [0.25, 0.3) is 0 Å². The monoisotopic (exact) mass is 277 g/mol. The van der Waals surface area contributed by atoms with Gasteiger partial charge in [0, 0.05) is 6.04 Å². The zero-order valence-electron chi connectivity index (χ0n) is 12.8. The number of rotatable bonds is 2. The summed E-state index contributed by atoms with van der Waals surface area (Å²) in [6.07, 6.45) is 2.54. The van der Waals surface area contributed by atoms with Crippen molar-refractivity contribution in [3.63, 3.8) is 0 Å². The molecule has 1 nitrogen and oxygen atoms in total. The third kappa shape index (κ3) is 2.11. The standard InChI is InChI=1S/C20H23N/c1-12-9-13(2)11-15(10-12)20(21)19-17-8-7-14-5-3-4-6-16(14)18(17)19/h3-6,9-11,17-20H,7-8,21H2,1-2H3. The number of hydrogen-bond acceptors (Lipinski definition) is 1. The van der Waals surface area contributed by atoms with Crippen LogP contribution in [0.15, 0.2) is 42.5 Å². The molecule has 1 heteroatoms. The lowest BCUT2D eigenvalue weighted by Gasteiger charge is -2.14. The van der Waals surface area contributed by atoms with Crippen molar-refractivity contribution in [1.82, 2.24) is 0 Å². The number of aryl methyl sites for hydroxylation is 3. The van der Waals surface area contributed by atoms with E-state index in [0.717, 1.165) is 5.92 Å². The molecule has 1 saturated carbocycles. The molecule has 2 aliphatic rings. The summed E-state index contributed by atoms with van der Waals surface area (Å²) in [5.41, 5.74) is 13.7. The fourth-order valence-electron chi connectivity index (χ4n) is 4.53. The molecule has 2 aromatic carbocycles. The molecule has 0 aliphatic heterocycles. The van der Waals surface area contributed by atoms with Crippen LogP contribution in [-0.4, -0.2) is 0 Å². The van der Waals surface area contributed by atoms with Crippen LogP contribution in [0.3, 0.4) is 0 Å². The Labute approximate surface area is 127 Å². The predicted molar refractivity (Wildman–Crippen MR) is 87.3 cm³/mol. The van der Waals surface area contributed by atoms with Crippen molar-refractivity contribution in [2.24, 2.45) is 17.6 Å². The van der Waals surface area contributed by atoms with Gasteiger partial charge in [0.15, 0.2) is 0 Å². The zero-order valence-corrected chi connectivity index (χ0v) is 12.8. The van der Waals surface area contributed by atoms with Crippen molar-refractivity contribution in [3.8, 4) is 0 Å². The van der Waals surface area contributed by atoms with Gasteiger partial charge in [0.1, 0.15) is 0 Å². The van der Waals surface area contributed by atoms with Gasteiger partial charge in [0.05, 0.1) is 0 Å². The molecule has 0 amide bonds. The zero-order chi connectivity index (χ0) is 14.6. The Bertz CT molecular complexity index is 668. The minimum atomic E-state index is 0.185. The molecule has 0 aromatic heterocycles. The normalized spacial score (nSPS) is 27.7. The third-order valence-electron chi connectivity index (χ3n) is 5.43. The van der Waals surface area contributed by atoms with Gasteiger partial charge in [-0.25, -0.2) is 0 Å². The van der Waals surface area contributed by atoms with Crippen LogP contribution in [-0.2, 0) is 6.42 Å². The molecule has 0 heterocycles. The highest BCUT2D eigenvalue weighted by Gasteiger charge is 2.55. The molecule has 2 aromatic rings. The van der Waals surface area contributed by atoms with E-state index in [-0.39, 0.29) is 6.04 Å². The second-order valence-electron chi connectivity index (χ2n) is 6.95. The lowest BCUT2D eigenvalue weighted by molar-refractivity contribution is 0.555. The van der Waals surface area contributed by atoms with Crippen LogP contribution in [0.5, 0.6) is 0 Å². The van der Waals surface area contributed by atoms with Crippen molar-refractivity contribution in [3.05, 3.63) is 70.3 Å². The molecular formula is C20H23N. The van der Waals surface area contributed by atoms with E-state index >= 15 is 0 Å². The fourth-order valence-corrected chi connectivity index (χ4v) is 4.53. The summed E-state index contributed by atoms with van der Waals surface area (Å²) in [4.78, 5) is 0. The average molecular weight is 277 g/mol. The Balaban J connectivity index is 1.65. The first-order chi connectivity index (χ1) is 10.1. The Morgan fingerprint density at radius 1 is 1.05 bits per heavy atom. The van der Waals surface area contributed by atoms with Crippen LogP contribution in [0.1, 0.15) is 46.2 Å². The average Bonchev–Trinajstić information content (AvgIpc) is 3.20. The number of hydrogen-bond donors (Lipinski definition) is 1. The maximum atomic E-state index is 6.65. The molecule has 4 unspecified atom stereocenters. The molecule has 4 rings (SSSR count). The smallest absolute Gasteiger partial charge is 0.0332 e. The van der Waals surface area contributed by atoms with E-state index in [4.69, 9.17) is 5.73 Å². The first-order valence-electron chi connectivity index (χ1n) is 8.07. The van der Waals surface area contributed by atoms with Gasteiger partial charge >= 0.3 is 0 Å². The van der Waals surface area contributed by atoms with Crippen LogP contribution in [0.4, 0.5) is 0 Å². The van der Waals surface area contributed by atoms with Gasteiger partial charge in [-0.15, -0.1) is 0 Å². The molecule has 0 spiro atoms. The molecular weight excluding hydrogens is 254 g/mol. The highest BCUT2D eigenvalue weighted by atomic mass is 14.7. The molecule has 0 saturated heterocycles. The molecule has 0 bridgehead atoms. The number of fused-ring (bicyclic) bond motifs is 3. The molecule has 2 N–H and O–H groups in total. The van der Waals surface area contributed by atoms with Crippen molar-refractivity contribution < 1.29 is 0 Å². The summed E-state index contributed by atoms with van der Waals surface area (Å²) >= 11 is 0. The van der Waals surface area contributed by atoms with Gasteiger partial charge < -0.3 is 5.73 Å². The largest absolute Gasteiger partial charge is 0.324 e. The maximum Gasteiger partial charge on any atom is 0.0332 e. The van der Waals surface area contributed by atoms with Crippen LogP contribution in [0, 0.1) is 25.7 Å². The van der Waals surface area contributed by atoms with Gasteiger partial charge in [-0.05, 0) is 61.1 Å². The van der Waals surface area contributed by atoms with Gasteiger partial charge in [-0.3, -0.25) is 0 Å². The topological polar surface area (TPSA) is 26.0 Å².